The molecular formula is C62H104O2. The van der Waals surface area contributed by atoms with Crippen molar-refractivity contribution in [2.75, 3.05) is 0 Å². The highest BCUT2D eigenvalue weighted by Gasteiger charge is 2.65. The van der Waals surface area contributed by atoms with E-state index in [-0.39, 0.29) is 21.7 Å². The van der Waals surface area contributed by atoms with Crippen molar-refractivity contribution in [1.82, 2.24) is 0 Å². The second-order valence-corrected chi connectivity index (χ2v) is 27.2. The summed E-state index contributed by atoms with van der Waals surface area (Å²) < 4.78 is 0. The number of carbonyl (C=O) groups is 2. The Kier molecular flexibility index (Phi) is 16.0. The predicted octanol–water partition coefficient (Wildman–Crippen LogP) is 18.3. The van der Waals surface area contributed by atoms with Gasteiger partial charge in [-0.05, 0) is 238 Å². The van der Waals surface area contributed by atoms with Gasteiger partial charge in [0.05, 0.1) is 0 Å². The maximum atomic E-state index is 13.7. The summed E-state index contributed by atoms with van der Waals surface area (Å²) in [5.41, 5.74) is 0.565. The van der Waals surface area contributed by atoms with Crippen LogP contribution < -0.4 is 0 Å². The van der Waals surface area contributed by atoms with E-state index in [4.69, 9.17) is 0 Å². The third-order valence-electron chi connectivity index (χ3n) is 24.0. The zero-order chi connectivity index (χ0) is 44.4. The van der Waals surface area contributed by atoms with Gasteiger partial charge in [-0.15, -0.1) is 0 Å². The average Bonchev–Trinajstić information content (AvgIpc) is 3.35. The molecule has 10 fully saturated rings. The van der Waals surface area contributed by atoms with Gasteiger partial charge in [0.2, 0.25) is 0 Å². The minimum atomic E-state index is 0.139. The van der Waals surface area contributed by atoms with Crippen molar-refractivity contribution < 1.29 is 9.59 Å². The van der Waals surface area contributed by atoms with Gasteiger partial charge in [-0.25, -0.2) is 0 Å². The Morgan fingerprint density at radius 3 is 0.875 bits per heavy atom. The molecule has 2 heteroatoms. The fourth-order valence-electron chi connectivity index (χ4n) is 19.3. The lowest BCUT2D eigenvalue weighted by atomic mass is 9.42. The van der Waals surface area contributed by atoms with Gasteiger partial charge in [0.1, 0.15) is 11.6 Å². The van der Waals surface area contributed by atoms with Crippen LogP contribution in [0.1, 0.15) is 285 Å². The first-order valence-corrected chi connectivity index (χ1v) is 30.2. The quantitative estimate of drug-likeness (QED) is 0.205. The monoisotopic (exact) mass is 881 g/mol. The van der Waals surface area contributed by atoms with Gasteiger partial charge in [0, 0.05) is 21.7 Å². The highest BCUT2D eigenvalue weighted by molar-refractivity contribution is 5.97. The molecule has 64 heavy (non-hydrogen) atoms. The SMILES string of the molecule is CCCCCC1CCC(C2CCC3(CC2)CC2(CCC(C4CCC(CC)CC4)CC2)C3=O)CC1.CC[C@H]1CC[C@H]([C@H]2CC[C@]3(CC2)C[C@@]2(CC[C@H](C4CCC(C)CC4)CC2)C3=O)CC1. The number of ketones is 2. The van der Waals surface area contributed by atoms with E-state index in [9.17, 15) is 9.59 Å². The third-order valence-corrected chi connectivity index (χ3v) is 24.0. The van der Waals surface area contributed by atoms with E-state index in [2.05, 4.69) is 27.7 Å². The van der Waals surface area contributed by atoms with Crippen molar-refractivity contribution >= 4 is 11.6 Å². The van der Waals surface area contributed by atoms with E-state index in [0.29, 0.717) is 0 Å². The molecule has 4 spiro atoms. The van der Waals surface area contributed by atoms with Crippen LogP contribution in [0.2, 0.25) is 0 Å². The van der Waals surface area contributed by atoms with Crippen LogP contribution in [0.15, 0.2) is 0 Å². The second-order valence-electron chi connectivity index (χ2n) is 27.2. The van der Waals surface area contributed by atoms with Crippen LogP contribution in [0.25, 0.3) is 0 Å². The van der Waals surface area contributed by atoms with Crippen LogP contribution >= 0.6 is 0 Å². The summed E-state index contributed by atoms with van der Waals surface area (Å²) in [7, 11) is 0. The van der Waals surface area contributed by atoms with Crippen molar-refractivity contribution in [3.05, 3.63) is 0 Å². The number of rotatable bonds is 10. The molecule has 0 N–H and O–H groups in total. The molecule has 0 aromatic carbocycles. The topological polar surface area (TPSA) is 34.1 Å². The number of Topliss-reactive ketones (excluding diaryl/α,β-unsaturated/α-hetero) is 2. The number of unbranched alkanes of at least 4 members (excludes halogenated alkanes) is 2. The van der Waals surface area contributed by atoms with Gasteiger partial charge in [-0.3, -0.25) is 9.59 Å². The first-order valence-electron chi connectivity index (χ1n) is 30.2. The Balaban J connectivity index is 0.000000163. The summed E-state index contributed by atoms with van der Waals surface area (Å²) in [5, 5.41) is 0. The van der Waals surface area contributed by atoms with Crippen LogP contribution in [0.5, 0.6) is 0 Å². The average molecular weight is 882 g/mol. The van der Waals surface area contributed by atoms with E-state index in [0.717, 1.165) is 82.6 Å². The smallest absolute Gasteiger partial charge is 0.145 e. The van der Waals surface area contributed by atoms with Crippen molar-refractivity contribution in [3.63, 3.8) is 0 Å². The molecule has 2 nitrogen and oxygen atoms in total. The molecule has 10 aliphatic carbocycles. The molecular weight excluding hydrogens is 777 g/mol. The maximum Gasteiger partial charge on any atom is 0.145 e. The summed E-state index contributed by atoms with van der Waals surface area (Å²) in [4.78, 5) is 27.3. The van der Waals surface area contributed by atoms with Crippen molar-refractivity contribution in [2.24, 2.45) is 92.7 Å². The molecule has 0 heterocycles. The molecule has 0 radical (unpaired) electrons. The van der Waals surface area contributed by atoms with Crippen LogP contribution in [0.4, 0.5) is 0 Å². The fraction of sp³-hybridized carbons (Fsp3) is 0.968. The van der Waals surface area contributed by atoms with Crippen LogP contribution in [-0.2, 0) is 9.59 Å². The van der Waals surface area contributed by atoms with Gasteiger partial charge in [0.25, 0.3) is 0 Å². The standard InChI is InChI=1S/C33H56O.C29H48O/c1-3-5-6-7-26-10-14-28(15-11-26)30-18-22-33(23-19-30)24-32(31(33)34)20-16-29(17-21-32)27-12-8-25(4-2)9-13-27;1-3-22-6-10-24(11-7-22)26-14-18-29(19-15-26)20-28(27(29)30)16-12-25(13-17-28)23-8-4-21(2)5-9-23/h25-30H,3-24H2,1-2H3;21-26H,3-20H2,1-2H3/t;21?,22-,23?,24-,25-,26-,28-,29-. The van der Waals surface area contributed by atoms with Crippen molar-refractivity contribution in [3.8, 4) is 0 Å². The Bertz CT molecular complexity index is 1460. The van der Waals surface area contributed by atoms with Gasteiger partial charge in [-0.1, -0.05) is 118 Å². The van der Waals surface area contributed by atoms with Gasteiger partial charge in [0.15, 0.2) is 0 Å². The second kappa shape index (κ2) is 21.1. The number of hydrogen-bond acceptors (Lipinski definition) is 2. The molecule has 0 unspecified atom stereocenters. The van der Waals surface area contributed by atoms with E-state index in [1.54, 1.807) is 0 Å². The van der Waals surface area contributed by atoms with Crippen LogP contribution in [0, 0.1) is 92.7 Å². The highest BCUT2D eigenvalue weighted by atomic mass is 16.1. The molecule has 0 bridgehead atoms. The van der Waals surface area contributed by atoms with E-state index in [1.165, 1.54) is 257 Å². The molecule has 10 rings (SSSR count). The Morgan fingerprint density at radius 1 is 0.344 bits per heavy atom. The summed E-state index contributed by atoms with van der Waals surface area (Å²) >= 11 is 0. The summed E-state index contributed by atoms with van der Waals surface area (Å²) in [6.45, 7) is 9.51. The lowest BCUT2D eigenvalue weighted by Gasteiger charge is -2.60. The van der Waals surface area contributed by atoms with Gasteiger partial charge in [-0.2, -0.15) is 0 Å². The minimum Gasteiger partial charge on any atom is -0.298 e. The molecule has 364 valence electrons. The lowest BCUT2D eigenvalue weighted by Crippen LogP contribution is -2.60. The third kappa shape index (κ3) is 10.1. The van der Waals surface area contributed by atoms with Crippen molar-refractivity contribution in [1.29, 1.82) is 0 Å². The summed E-state index contributed by atoms with van der Waals surface area (Å²) in [6, 6.07) is 0. The van der Waals surface area contributed by atoms with Crippen molar-refractivity contribution in [2.45, 2.75) is 285 Å². The van der Waals surface area contributed by atoms with Crippen LogP contribution in [-0.4, -0.2) is 11.6 Å². The maximum absolute atomic E-state index is 13.7. The molecule has 0 aromatic heterocycles. The zero-order valence-electron chi connectivity index (χ0n) is 43.0. The largest absolute Gasteiger partial charge is 0.298 e. The Hall–Kier alpha value is -0.660. The van der Waals surface area contributed by atoms with Gasteiger partial charge >= 0.3 is 0 Å². The predicted molar refractivity (Wildman–Crippen MR) is 269 cm³/mol. The molecule has 0 saturated heterocycles. The summed E-state index contributed by atoms with van der Waals surface area (Å²) in [5.74, 6) is 13.2. The first kappa shape index (κ1) is 48.4. The van der Waals surface area contributed by atoms with Gasteiger partial charge < -0.3 is 0 Å². The molecule has 10 aliphatic rings. The molecule has 0 aromatic rings. The molecule has 0 atom stereocenters. The lowest BCUT2D eigenvalue weighted by molar-refractivity contribution is -0.170. The van der Waals surface area contributed by atoms with E-state index < -0.39 is 0 Å². The van der Waals surface area contributed by atoms with E-state index in [1.807, 2.05) is 0 Å². The van der Waals surface area contributed by atoms with Crippen LogP contribution in [0.3, 0.4) is 0 Å². The Labute approximate surface area is 396 Å². The molecule has 0 amide bonds. The zero-order valence-corrected chi connectivity index (χ0v) is 43.0. The summed E-state index contributed by atoms with van der Waals surface area (Å²) in [6.07, 6.45) is 55.7. The highest BCUT2D eigenvalue weighted by Crippen LogP contribution is 2.67. The normalized spacial score (nSPS) is 47.5. The molecule has 0 aliphatic heterocycles. The Morgan fingerprint density at radius 2 is 0.609 bits per heavy atom. The minimum absolute atomic E-state index is 0.139. The van der Waals surface area contributed by atoms with E-state index >= 15 is 0 Å². The molecule has 10 saturated carbocycles. The number of carbonyl (C=O) groups excluding carboxylic acids is 2. The fourth-order valence-corrected chi connectivity index (χ4v) is 19.3. The number of hydrogen-bond donors (Lipinski definition) is 0. The first-order chi connectivity index (χ1) is 31.1.